The number of rotatable bonds is 6. The smallest absolute Gasteiger partial charge is 0.247 e. The van der Waals surface area contributed by atoms with Crippen molar-refractivity contribution in [2.45, 2.75) is 46.1 Å². The average molecular weight is 406 g/mol. The minimum atomic E-state index is -0.548. The van der Waals surface area contributed by atoms with Crippen LogP contribution in [0.5, 0.6) is 11.6 Å². The van der Waals surface area contributed by atoms with Crippen molar-refractivity contribution in [3.8, 4) is 17.7 Å². The lowest BCUT2D eigenvalue weighted by Crippen LogP contribution is -2.29. The monoisotopic (exact) mass is 406 g/mol. The Morgan fingerprint density at radius 2 is 2.13 bits per heavy atom. The highest BCUT2D eigenvalue weighted by Gasteiger charge is 2.37. The van der Waals surface area contributed by atoms with Crippen LogP contribution in [0, 0.1) is 18.3 Å². The van der Waals surface area contributed by atoms with Gasteiger partial charge in [0.1, 0.15) is 5.75 Å². The van der Waals surface area contributed by atoms with Gasteiger partial charge in [-0.2, -0.15) is 5.26 Å². The summed E-state index contributed by atoms with van der Waals surface area (Å²) in [6.45, 7) is 7.77. The first kappa shape index (κ1) is 21.2. The molecule has 7 nitrogen and oxygen atoms in total. The van der Waals surface area contributed by atoms with Crippen LogP contribution in [0.3, 0.4) is 0 Å². The number of carbonyl (C=O) groups excluding carboxylic acids is 1. The molecule has 7 heteroatoms. The van der Waals surface area contributed by atoms with Crippen LogP contribution in [0.25, 0.3) is 0 Å². The molecule has 2 atom stereocenters. The van der Waals surface area contributed by atoms with E-state index in [-0.39, 0.29) is 6.10 Å². The number of carbonyl (C=O) groups is 1. The van der Waals surface area contributed by atoms with Crippen molar-refractivity contribution in [2.75, 3.05) is 12.4 Å². The fraction of sp³-hybridized carbons (Fsp3) is 0.348. The molecule has 30 heavy (non-hydrogen) atoms. The first-order chi connectivity index (χ1) is 14.3. The number of methoxy groups -OCH3 is 1. The van der Waals surface area contributed by atoms with E-state index in [1.54, 1.807) is 24.4 Å². The fourth-order valence-corrected chi connectivity index (χ4v) is 3.68. The predicted molar refractivity (Wildman–Crippen MR) is 114 cm³/mol. The highest BCUT2D eigenvalue weighted by Crippen LogP contribution is 2.49. The highest BCUT2D eigenvalue weighted by molar-refractivity contribution is 5.98. The van der Waals surface area contributed by atoms with Gasteiger partial charge < -0.3 is 20.5 Å². The van der Waals surface area contributed by atoms with E-state index in [4.69, 9.17) is 15.2 Å². The second kappa shape index (κ2) is 8.46. The number of allylic oxidation sites excluding steroid dienone is 1. The van der Waals surface area contributed by atoms with Crippen molar-refractivity contribution in [1.82, 2.24) is 4.98 Å². The molecular weight excluding hydrogens is 380 g/mol. The van der Waals surface area contributed by atoms with Gasteiger partial charge in [0.25, 0.3) is 0 Å². The van der Waals surface area contributed by atoms with E-state index in [2.05, 4.69) is 16.4 Å². The molecule has 2 unspecified atom stereocenters. The molecule has 1 amide bonds. The van der Waals surface area contributed by atoms with Crippen LogP contribution < -0.4 is 20.5 Å². The average Bonchev–Trinajstić information content (AvgIpc) is 2.74. The number of nitrogens with one attached hydrogen (secondary N) is 1. The fourth-order valence-electron chi connectivity index (χ4n) is 3.68. The lowest BCUT2D eigenvalue weighted by molar-refractivity contribution is -0.114. The molecule has 0 bridgehead atoms. The van der Waals surface area contributed by atoms with E-state index in [9.17, 15) is 10.1 Å². The second-order valence-corrected chi connectivity index (χ2v) is 7.40. The van der Waals surface area contributed by atoms with E-state index in [1.807, 2.05) is 27.7 Å². The van der Waals surface area contributed by atoms with Crippen molar-refractivity contribution < 1.29 is 14.3 Å². The summed E-state index contributed by atoms with van der Waals surface area (Å²) in [7, 11) is 1.54. The molecule has 1 aromatic heterocycles. The third-order valence-corrected chi connectivity index (χ3v) is 5.39. The Bertz CT molecular complexity index is 1070. The summed E-state index contributed by atoms with van der Waals surface area (Å²) in [6, 6.07) is 7.27. The number of aromatic nitrogens is 1. The number of nitrogens with zero attached hydrogens (tertiary/aromatic N) is 2. The van der Waals surface area contributed by atoms with Gasteiger partial charge in [0.05, 0.1) is 42.0 Å². The normalized spacial score (nSPS) is 16.2. The molecule has 1 aromatic carbocycles. The standard InChI is InChI=1S/C23H26N4O3/c1-6-13(3)30-23-20-19(16-8-7-15(10-24)9-17(16)29-5)18(22(25)28)14(4)27-21(20)12(2)11-26-23/h7-9,11,13,19,27H,6H2,1-5H3,(H2,25,28). The van der Waals surface area contributed by atoms with Crippen LogP contribution in [-0.2, 0) is 4.79 Å². The minimum Gasteiger partial charge on any atom is -0.496 e. The Morgan fingerprint density at radius 1 is 1.40 bits per heavy atom. The zero-order chi connectivity index (χ0) is 22.0. The third-order valence-electron chi connectivity index (χ3n) is 5.39. The van der Waals surface area contributed by atoms with Gasteiger partial charge in [-0.05, 0) is 44.9 Å². The number of hydrogen-bond acceptors (Lipinski definition) is 6. The van der Waals surface area contributed by atoms with Crippen molar-refractivity contribution >= 4 is 11.6 Å². The number of pyridine rings is 1. The van der Waals surface area contributed by atoms with Crippen LogP contribution in [0.1, 0.15) is 55.4 Å². The third kappa shape index (κ3) is 3.69. The summed E-state index contributed by atoms with van der Waals surface area (Å²) in [5, 5.41) is 12.6. The maximum atomic E-state index is 12.5. The van der Waals surface area contributed by atoms with Gasteiger partial charge >= 0.3 is 0 Å². The van der Waals surface area contributed by atoms with Crippen LogP contribution in [-0.4, -0.2) is 24.1 Å². The number of hydrogen-bond donors (Lipinski definition) is 2. The number of fused-ring (bicyclic) bond motifs is 1. The van der Waals surface area contributed by atoms with Crippen LogP contribution in [0.2, 0.25) is 0 Å². The Morgan fingerprint density at radius 3 is 2.73 bits per heavy atom. The zero-order valence-electron chi connectivity index (χ0n) is 17.9. The van der Waals surface area contributed by atoms with E-state index in [0.29, 0.717) is 34.0 Å². The van der Waals surface area contributed by atoms with Crippen molar-refractivity contribution in [3.05, 3.63) is 57.9 Å². The van der Waals surface area contributed by atoms with Crippen molar-refractivity contribution in [3.63, 3.8) is 0 Å². The summed E-state index contributed by atoms with van der Waals surface area (Å²) < 4.78 is 11.7. The SMILES string of the molecule is CCC(C)Oc1ncc(C)c2c1C(c1ccc(C#N)cc1OC)C(C(N)=O)=C(C)N2. The van der Waals surface area contributed by atoms with E-state index in [1.165, 1.54) is 7.11 Å². The minimum absolute atomic E-state index is 0.0585. The van der Waals surface area contributed by atoms with Crippen LogP contribution >= 0.6 is 0 Å². The van der Waals surface area contributed by atoms with E-state index in [0.717, 1.165) is 23.2 Å². The van der Waals surface area contributed by atoms with Crippen molar-refractivity contribution in [2.24, 2.45) is 5.73 Å². The number of nitriles is 1. The number of nitrogens with two attached hydrogens (primary N) is 1. The van der Waals surface area contributed by atoms with Gasteiger partial charge in [0.15, 0.2) is 0 Å². The molecule has 0 fully saturated rings. The molecule has 0 aliphatic carbocycles. The Kier molecular flexibility index (Phi) is 5.97. The zero-order valence-corrected chi connectivity index (χ0v) is 17.9. The molecule has 156 valence electrons. The van der Waals surface area contributed by atoms with Gasteiger partial charge in [0.2, 0.25) is 11.8 Å². The molecular formula is C23H26N4O3. The lowest BCUT2D eigenvalue weighted by Gasteiger charge is -2.33. The number of amides is 1. The van der Waals surface area contributed by atoms with Crippen LogP contribution in [0.4, 0.5) is 5.69 Å². The summed E-state index contributed by atoms with van der Waals surface area (Å²) in [6.07, 6.45) is 2.50. The van der Waals surface area contributed by atoms with Gasteiger partial charge in [0, 0.05) is 23.0 Å². The van der Waals surface area contributed by atoms with Crippen molar-refractivity contribution in [1.29, 1.82) is 5.26 Å². The number of aryl methyl sites for hydroxylation is 1. The lowest BCUT2D eigenvalue weighted by atomic mass is 9.79. The largest absolute Gasteiger partial charge is 0.496 e. The molecule has 1 aliphatic heterocycles. The van der Waals surface area contributed by atoms with E-state index < -0.39 is 11.8 Å². The van der Waals surface area contributed by atoms with Gasteiger partial charge in [-0.1, -0.05) is 13.0 Å². The maximum absolute atomic E-state index is 12.5. The molecule has 0 saturated heterocycles. The summed E-state index contributed by atoms with van der Waals surface area (Å²) in [5.74, 6) is -0.152. The number of ether oxygens (including phenoxy) is 2. The summed E-state index contributed by atoms with van der Waals surface area (Å²) >= 11 is 0. The highest BCUT2D eigenvalue weighted by atomic mass is 16.5. The summed E-state index contributed by atoms with van der Waals surface area (Å²) in [4.78, 5) is 17.1. The molecule has 1 aliphatic rings. The topological polar surface area (TPSA) is 110 Å². The van der Waals surface area contributed by atoms with Gasteiger partial charge in [-0.3, -0.25) is 4.79 Å². The molecule has 3 N–H and O–H groups in total. The molecule has 2 aromatic rings. The van der Waals surface area contributed by atoms with Gasteiger partial charge in [-0.15, -0.1) is 0 Å². The number of anilines is 1. The predicted octanol–water partition coefficient (Wildman–Crippen LogP) is 3.76. The Balaban J connectivity index is 2.35. The maximum Gasteiger partial charge on any atom is 0.247 e. The molecule has 3 rings (SSSR count). The molecule has 0 radical (unpaired) electrons. The molecule has 2 heterocycles. The van der Waals surface area contributed by atoms with E-state index >= 15 is 0 Å². The number of primary amides is 1. The molecule has 0 spiro atoms. The second-order valence-electron chi connectivity index (χ2n) is 7.40. The first-order valence-corrected chi connectivity index (χ1v) is 9.84. The Hall–Kier alpha value is -3.53. The quantitative estimate of drug-likeness (QED) is 0.756. The Labute approximate surface area is 176 Å². The number of benzene rings is 1. The summed E-state index contributed by atoms with van der Waals surface area (Å²) in [5.41, 5.74) is 10.6. The van der Waals surface area contributed by atoms with Crippen LogP contribution in [0.15, 0.2) is 35.7 Å². The molecule has 0 saturated carbocycles. The van der Waals surface area contributed by atoms with Gasteiger partial charge in [-0.25, -0.2) is 4.98 Å². The first-order valence-electron chi connectivity index (χ1n) is 9.84.